The molecule has 1 unspecified atom stereocenters. The normalized spacial score (nSPS) is 15.7. The average molecular weight is 287 g/mol. The quantitative estimate of drug-likeness (QED) is 0.462. The molecule has 1 aliphatic rings. The maximum atomic E-state index is 11.5. The Morgan fingerprint density at radius 3 is 2.45 bits per heavy atom. The van der Waals surface area contributed by atoms with Crippen LogP contribution in [0.15, 0.2) is 0 Å². The third-order valence-corrected chi connectivity index (χ3v) is 3.17. The molecular weight excluding hydrogens is 266 g/mol. The van der Waals surface area contributed by atoms with Crippen molar-refractivity contribution in [2.24, 2.45) is 0 Å². The number of urea groups is 1. The van der Waals surface area contributed by atoms with Crippen LogP contribution in [0.3, 0.4) is 0 Å². The molecule has 0 aliphatic heterocycles. The Morgan fingerprint density at radius 2 is 1.95 bits per heavy atom. The molecule has 2 amide bonds. The van der Waals surface area contributed by atoms with Crippen LogP contribution in [0.25, 0.3) is 0 Å². The highest BCUT2D eigenvalue weighted by molar-refractivity contribution is 5.82. The molecule has 0 saturated heterocycles. The van der Waals surface area contributed by atoms with Gasteiger partial charge in [-0.05, 0) is 26.3 Å². The maximum absolute atomic E-state index is 11.5. The Balaban J connectivity index is 2.22. The predicted molar refractivity (Wildman–Crippen MR) is 70.5 cm³/mol. The zero-order valence-electron chi connectivity index (χ0n) is 11.5. The molecule has 0 aromatic carbocycles. The van der Waals surface area contributed by atoms with E-state index in [1.807, 2.05) is 7.05 Å². The molecule has 1 rings (SSSR count). The summed E-state index contributed by atoms with van der Waals surface area (Å²) in [6, 6.07) is -1.18. The number of carbonyl (C=O) groups is 3. The first-order chi connectivity index (χ1) is 9.40. The fourth-order valence-corrected chi connectivity index (χ4v) is 1.78. The van der Waals surface area contributed by atoms with Gasteiger partial charge in [-0.1, -0.05) is 0 Å². The third kappa shape index (κ3) is 6.37. The molecule has 1 fully saturated rings. The van der Waals surface area contributed by atoms with E-state index in [9.17, 15) is 14.4 Å². The van der Waals surface area contributed by atoms with E-state index < -0.39 is 24.0 Å². The minimum atomic E-state index is -1.24. The number of carboxylic acid groups (broad SMARTS) is 2. The summed E-state index contributed by atoms with van der Waals surface area (Å²) in [4.78, 5) is 34.9. The van der Waals surface area contributed by atoms with Crippen LogP contribution in [0.5, 0.6) is 0 Å². The Bertz CT molecular complexity index is 370. The standard InChI is InChI=1S/C12H21N3O5/c1-15(8-2-3-8)7-6-13-12(20)14-9(11(18)19)4-5-10(16)17/h8-9H,2-7H2,1H3,(H,16,17)(H,18,19)(H2,13,14,20). The first kappa shape index (κ1) is 16.2. The van der Waals surface area contributed by atoms with E-state index in [1.54, 1.807) is 0 Å². The lowest BCUT2D eigenvalue weighted by molar-refractivity contribution is -0.140. The van der Waals surface area contributed by atoms with Gasteiger partial charge >= 0.3 is 18.0 Å². The molecule has 8 nitrogen and oxygen atoms in total. The zero-order valence-corrected chi connectivity index (χ0v) is 11.5. The minimum Gasteiger partial charge on any atom is -0.481 e. The number of nitrogens with one attached hydrogen (secondary N) is 2. The Kier molecular flexibility index (Phi) is 6.23. The molecule has 0 heterocycles. The van der Waals surface area contributed by atoms with Crippen molar-refractivity contribution in [3.8, 4) is 0 Å². The molecule has 0 spiro atoms. The van der Waals surface area contributed by atoms with Gasteiger partial charge in [-0.3, -0.25) is 4.79 Å². The van der Waals surface area contributed by atoms with Gasteiger partial charge in [0.05, 0.1) is 0 Å². The van der Waals surface area contributed by atoms with Crippen LogP contribution in [0.1, 0.15) is 25.7 Å². The molecule has 1 aliphatic carbocycles. The van der Waals surface area contributed by atoms with Gasteiger partial charge in [0.25, 0.3) is 0 Å². The lowest BCUT2D eigenvalue weighted by Gasteiger charge is -2.17. The second-order valence-electron chi connectivity index (χ2n) is 4.94. The predicted octanol–water partition coefficient (Wildman–Crippen LogP) is -0.302. The van der Waals surface area contributed by atoms with Gasteiger partial charge in [0, 0.05) is 25.6 Å². The highest BCUT2D eigenvalue weighted by Gasteiger charge is 2.25. The lowest BCUT2D eigenvalue weighted by Crippen LogP contribution is -2.47. The van der Waals surface area contributed by atoms with Gasteiger partial charge in [-0.15, -0.1) is 0 Å². The molecule has 0 aromatic heterocycles. The number of amides is 2. The first-order valence-electron chi connectivity index (χ1n) is 6.59. The van der Waals surface area contributed by atoms with E-state index in [0.717, 1.165) is 0 Å². The van der Waals surface area contributed by atoms with Gasteiger partial charge in [-0.25, -0.2) is 9.59 Å². The monoisotopic (exact) mass is 287 g/mol. The van der Waals surface area contributed by atoms with Crippen LogP contribution < -0.4 is 10.6 Å². The van der Waals surface area contributed by atoms with Crippen molar-refractivity contribution in [2.75, 3.05) is 20.1 Å². The van der Waals surface area contributed by atoms with Gasteiger partial charge in [0.2, 0.25) is 0 Å². The fourth-order valence-electron chi connectivity index (χ4n) is 1.78. The largest absolute Gasteiger partial charge is 0.481 e. The molecule has 0 aromatic rings. The maximum Gasteiger partial charge on any atom is 0.326 e. The first-order valence-corrected chi connectivity index (χ1v) is 6.59. The summed E-state index contributed by atoms with van der Waals surface area (Å²) >= 11 is 0. The van der Waals surface area contributed by atoms with Crippen LogP contribution in [-0.2, 0) is 9.59 Å². The third-order valence-electron chi connectivity index (χ3n) is 3.17. The van der Waals surface area contributed by atoms with Crippen molar-refractivity contribution in [3.63, 3.8) is 0 Å². The summed E-state index contributed by atoms with van der Waals surface area (Å²) < 4.78 is 0. The van der Waals surface area contributed by atoms with Crippen LogP contribution in [0, 0.1) is 0 Å². The van der Waals surface area contributed by atoms with Crippen LogP contribution in [0.4, 0.5) is 4.79 Å². The van der Waals surface area contributed by atoms with E-state index >= 15 is 0 Å². The number of carboxylic acids is 2. The summed E-state index contributed by atoms with van der Waals surface area (Å²) in [5.41, 5.74) is 0. The van der Waals surface area contributed by atoms with Gasteiger partial charge in [-0.2, -0.15) is 0 Å². The molecular formula is C12H21N3O5. The number of nitrogens with zero attached hydrogens (tertiary/aromatic N) is 1. The van der Waals surface area contributed by atoms with Crippen molar-refractivity contribution in [1.82, 2.24) is 15.5 Å². The van der Waals surface area contributed by atoms with E-state index in [4.69, 9.17) is 10.2 Å². The van der Waals surface area contributed by atoms with E-state index in [2.05, 4.69) is 15.5 Å². The van der Waals surface area contributed by atoms with Crippen molar-refractivity contribution >= 4 is 18.0 Å². The number of hydrogen-bond acceptors (Lipinski definition) is 4. The molecule has 4 N–H and O–H groups in total. The van der Waals surface area contributed by atoms with Crippen molar-refractivity contribution < 1.29 is 24.6 Å². The van der Waals surface area contributed by atoms with E-state index in [1.165, 1.54) is 12.8 Å². The van der Waals surface area contributed by atoms with Crippen molar-refractivity contribution in [1.29, 1.82) is 0 Å². The van der Waals surface area contributed by atoms with Crippen LogP contribution in [0.2, 0.25) is 0 Å². The van der Waals surface area contributed by atoms with Crippen molar-refractivity contribution in [3.05, 3.63) is 0 Å². The lowest BCUT2D eigenvalue weighted by atomic mass is 10.1. The SMILES string of the molecule is CN(CCNC(=O)NC(CCC(=O)O)C(=O)O)C1CC1. The van der Waals surface area contributed by atoms with E-state index in [-0.39, 0.29) is 12.8 Å². The number of likely N-dealkylation sites (N-methyl/N-ethyl adjacent to an activating group) is 1. The Morgan fingerprint density at radius 1 is 1.30 bits per heavy atom. The summed E-state index contributed by atoms with van der Waals surface area (Å²) in [6.07, 6.45) is 1.92. The molecule has 8 heteroatoms. The zero-order chi connectivity index (χ0) is 15.1. The number of hydrogen-bond donors (Lipinski definition) is 4. The second-order valence-corrected chi connectivity index (χ2v) is 4.94. The van der Waals surface area contributed by atoms with Crippen LogP contribution >= 0.6 is 0 Å². The number of rotatable bonds is 9. The Labute approximate surface area is 117 Å². The molecule has 20 heavy (non-hydrogen) atoms. The second kappa shape index (κ2) is 7.68. The van der Waals surface area contributed by atoms with Gasteiger partial charge in [0.1, 0.15) is 6.04 Å². The summed E-state index contributed by atoms with van der Waals surface area (Å²) in [7, 11) is 1.98. The topological polar surface area (TPSA) is 119 Å². The highest BCUT2D eigenvalue weighted by atomic mass is 16.4. The minimum absolute atomic E-state index is 0.139. The highest BCUT2D eigenvalue weighted by Crippen LogP contribution is 2.24. The van der Waals surface area contributed by atoms with Gasteiger partial charge in [0.15, 0.2) is 0 Å². The molecule has 114 valence electrons. The summed E-state index contributed by atoms with van der Waals surface area (Å²) in [5.74, 6) is -2.33. The van der Waals surface area contributed by atoms with E-state index in [0.29, 0.717) is 19.1 Å². The molecule has 1 atom stereocenters. The number of aliphatic carboxylic acids is 2. The van der Waals surface area contributed by atoms with Crippen LogP contribution in [-0.4, -0.2) is 65.3 Å². The van der Waals surface area contributed by atoms with Crippen molar-refractivity contribution in [2.45, 2.75) is 37.8 Å². The Hall–Kier alpha value is -1.83. The molecule has 1 saturated carbocycles. The smallest absolute Gasteiger partial charge is 0.326 e. The average Bonchev–Trinajstić information content (AvgIpc) is 3.17. The fraction of sp³-hybridized carbons (Fsp3) is 0.750. The number of carbonyl (C=O) groups excluding carboxylic acids is 1. The molecule has 0 bridgehead atoms. The summed E-state index contributed by atoms with van der Waals surface area (Å²) in [6.45, 7) is 1.12. The summed E-state index contributed by atoms with van der Waals surface area (Å²) in [5, 5.41) is 22.2. The molecule has 0 radical (unpaired) electrons. The van der Waals surface area contributed by atoms with Gasteiger partial charge < -0.3 is 25.7 Å².